The molecule has 0 aliphatic carbocycles. The summed E-state index contributed by atoms with van der Waals surface area (Å²) < 4.78 is 7.86. The average Bonchev–Trinajstić information content (AvgIpc) is 2.87. The van der Waals surface area contributed by atoms with Crippen LogP contribution in [0.15, 0.2) is 6.20 Å². The molecule has 0 bridgehead atoms. The Labute approximate surface area is 109 Å². The molecule has 2 N–H and O–H groups in total. The van der Waals surface area contributed by atoms with Crippen LogP contribution in [0.25, 0.3) is 0 Å². The van der Waals surface area contributed by atoms with Crippen molar-refractivity contribution in [2.24, 2.45) is 5.73 Å². The van der Waals surface area contributed by atoms with E-state index in [0.717, 1.165) is 50.9 Å². The third-order valence-corrected chi connectivity index (χ3v) is 3.42. The number of hydrogen-bond acceptors (Lipinski definition) is 4. The summed E-state index contributed by atoms with van der Waals surface area (Å²) in [4.78, 5) is 0. The molecule has 1 aliphatic rings. The van der Waals surface area contributed by atoms with Crippen LogP contribution < -0.4 is 5.73 Å². The Kier molecular flexibility index (Phi) is 4.35. The third-order valence-electron chi connectivity index (χ3n) is 3.42. The molecule has 2 rings (SSSR count). The van der Waals surface area contributed by atoms with E-state index in [1.54, 1.807) is 0 Å². The first-order valence-electron chi connectivity index (χ1n) is 6.86. The maximum atomic E-state index is 5.96. The first-order chi connectivity index (χ1) is 8.59. The number of aromatic nitrogens is 3. The SMILES string of the molecule is CC1(C)CCC(Cn2cc(CCCCN)nn2)O1. The summed E-state index contributed by atoms with van der Waals surface area (Å²) in [7, 11) is 0. The minimum Gasteiger partial charge on any atom is -0.370 e. The van der Waals surface area contributed by atoms with E-state index < -0.39 is 0 Å². The molecule has 18 heavy (non-hydrogen) atoms. The van der Waals surface area contributed by atoms with Crippen molar-refractivity contribution in [1.82, 2.24) is 15.0 Å². The molecule has 1 fully saturated rings. The maximum absolute atomic E-state index is 5.96. The van der Waals surface area contributed by atoms with Gasteiger partial charge in [0.05, 0.1) is 23.9 Å². The van der Waals surface area contributed by atoms with Crippen LogP contribution in [0.5, 0.6) is 0 Å². The van der Waals surface area contributed by atoms with Crippen LogP contribution >= 0.6 is 0 Å². The predicted octanol–water partition coefficient (Wildman–Crippen LogP) is 1.52. The summed E-state index contributed by atoms with van der Waals surface area (Å²) in [5.74, 6) is 0. The minimum atomic E-state index is 0.0230. The quantitative estimate of drug-likeness (QED) is 0.779. The Morgan fingerprint density at radius 1 is 1.50 bits per heavy atom. The van der Waals surface area contributed by atoms with Crippen molar-refractivity contribution in [1.29, 1.82) is 0 Å². The van der Waals surface area contributed by atoms with E-state index in [2.05, 4.69) is 24.2 Å². The van der Waals surface area contributed by atoms with Gasteiger partial charge in [-0.3, -0.25) is 0 Å². The number of nitrogens with two attached hydrogens (primary N) is 1. The van der Waals surface area contributed by atoms with E-state index >= 15 is 0 Å². The van der Waals surface area contributed by atoms with Gasteiger partial charge in [-0.05, 0) is 52.5 Å². The standard InChI is InChI=1S/C13H24N4O/c1-13(2)7-6-12(18-13)10-17-9-11(15-16-17)5-3-4-8-14/h9,12H,3-8,10,14H2,1-2H3. The molecular weight excluding hydrogens is 228 g/mol. The van der Waals surface area contributed by atoms with Crippen molar-refractivity contribution < 1.29 is 4.74 Å². The zero-order valence-electron chi connectivity index (χ0n) is 11.4. The van der Waals surface area contributed by atoms with Gasteiger partial charge in [0.15, 0.2) is 0 Å². The smallest absolute Gasteiger partial charge is 0.0827 e. The summed E-state index contributed by atoms with van der Waals surface area (Å²) in [5, 5.41) is 8.34. The van der Waals surface area contributed by atoms with Gasteiger partial charge in [-0.1, -0.05) is 5.21 Å². The molecule has 1 saturated heterocycles. The Bertz CT molecular complexity index is 375. The zero-order chi connectivity index (χ0) is 13.0. The minimum absolute atomic E-state index is 0.0230. The molecule has 0 saturated carbocycles. The van der Waals surface area contributed by atoms with Crippen molar-refractivity contribution in [3.63, 3.8) is 0 Å². The number of hydrogen-bond donors (Lipinski definition) is 1. The number of rotatable bonds is 6. The van der Waals surface area contributed by atoms with E-state index in [9.17, 15) is 0 Å². The van der Waals surface area contributed by atoms with E-state index in [4.69, 9.17) is 10.5 Å². The first kappa shape index (κ1) is 13.5. The molecule has 5 heteroatoms. The van der Waals surface area contributed by atoms with E-state index in [-0.39, 0.29) is 11.7 Å². The van der Waals surface area contributed by atoms with Crippen molar-refractivity contribution >= 4 is 0 Å². The summed E-state index contributed by atoms with van der Waals surface area (Å²) in [5.41, 5.74) is 6.55. The molecule has 2 heterocycles. The van der Waals surface area contributed by atoms with Crippen molar-refractivity contribution in [3.8, 4) is 0 Å². The normalized spacial score (nSPS) is 22.5. The molecule has 0 amide bonds. The highest BCUT2D eigenvalue weighted by Crippen LogP contribution is 2.29. The van der Waals surface area contributed by atoms with E-state index in [0.29, 0.717) is 0 Å². The van der Waals surface area contributed by atoms with Gasteiger partial charge in [0.2, 0.25) is 0 Å². The summed E-state index contributed by atoms with van der Waals surface area (Å²) >= 11 is 0. The topological polar surface area (TPSA) is 66.0 Å². The second kappa shape index (κ2) is 5.80. The highest BCUT2D eigenvalue weighted by molar-refractivity contribution is 4.93. The van der Waals surface area contributed by atoms with Crippen LogP contribution in [0.2, 0.25) is 0 Å². The van der Waals surface area contributed by atoms with Crippen LogP contribution in [-0.4, -0.2) is 33.2 Å². The van der Waals surface area contributed by atoms with Gasteiger partial charge >= 0.3 is 0 Å². The Balaban J connectivity index is 1.80. The maximum Gasteiger partial charge on any atom is 0.0827 e. The van der Waals surface area contributed by atoms with Crippen molar-refractivity contribution in [2.45, 2.75) is 64.2 Å². The lowest BCUT2D eigenvalue weighted by atomic mass is 10.1. The molecule has 1 aromatic rings. The molecular formula is C13H24N4O. The van der Waals surface area contributed by atoms with Gasteiger partial charge in [0, 0.05) is 6.20 Å². The predicted molar refractivity (Wildman–Crippen MR) is 70.2 cm³/mol. The largest absolute Gasteiger partial charge is 0.370 e. The van der Waals surface area contributed by atoms with Crippen molar-refractivity contribution in [2.75, 3.05) is 6.54 Å². The van der Waals surface area contributed by atoms with Crippen LogP contribution in [-0.2, 0) is 17.7 Å². The number of ether oxygens (including phenoxy) is 1. The van der Waals surface area contributed by atoms with Gasteiger partial charge < -0.3 is 10.5 Å². The third kappa shape index (κ3) is 3.78. The molecule has 1 unspecified atom stereocenters. The van der Waals surface area contributed by atoms with E-state index in [1.807, 2.05) is 10.9 Å². The lowest BCUT2D eigenvalue weighted by molar-refractivity contribution is -0.0231. The summed E-state index contributed by atoms with van der Waals surface area (Å²) in [6.07, 6.45) is 7.64. The second-order valence-electron chi connectivity index (χ2n) is 5.72. The first-order valence-corrected chi connectivity index (χ1v) is 6.86. The van der Waals surface area contributed by atoms with Gasteiger partial charge in [-0.25, -0.2) is 4.68 Å². The highest BCUT2D eigenvalue weighted by atomic mass is 16.5. The monoisotopic (exact) mass is 252 g/mol. The van der Waals surface area contributed by atoms with Gasteiger partial charge in [-0.15, -0.1) is 5.10 Å². The van der Waals surface area contributed by atoms with Gasteiger partial charge in [-0.2, -0.15) is 0 Å². The molecule has 1 atom stereocenters. The number of unbranched alkanes of at least 4 members (excludes halogenated alkanes) is 1. The summed E-state index contributed by atoms with van der Waals surface area (Å²) in [6.45, 7) is 5.85. The van der Waals surface area contributed by atoms with Gasteiger partial charge in [0.1, 0.15) is 0 Å². The fraction of sp³-hybridized carbons (Fsp3) is 0.846. The Morgan fingerprint density at radius 3 is 3.00 bits per heavy atom. The number of aryl methyl sites for hydroxylation is 1. The Hall–Kier alpha value is -0.940. The molecule has 0 aromatic carbocycles. The molecule has 5 nitrogen and oxygen atoms in total. The molecule has 102 valence electrons. The molecule has 0 spiro atoms. The molecule has 1 aromatic heterocycles. The summed E-state index contributed by atoms with van der Waals surface area (Å²) in [6, 6.07) is 0. The van der Waals surface area contributed by atoms with E-state index in [1.165, 1.54) is 0 Å². The lowest BCUT2D eigenvalue weighted by Gasteiger charge is -2.18. The molecule has 1 aliphatic heterocycles. The fourth-order valence-corrected chi connectivity index (χ4v) is 2.41. The number of nitrogens with zero attached hydrogens (tertiary/aromatic N) is 3. The Morgan fingerprint density at radius 2 is 2.33 bits per heavy atom. The second-order valence-corrected chi connectivity index (χ2v) is 5.72. The molecule has 0 radical (unpaired) electrons. The van der Waals surface area contributed by atoms with Crippen LogP contribution in [0.1, 0.15) is 45.2 Å². The van der Waals surface area contributed by atoms with Crippen LogP contribution in [0.3, 0.4) is 0 Å². The zero-order valence-corrected chi connectivity index (χ0v) is 11.4. The fourth-order valence-electron chi connectivity index (χ4n) is 2.41. The van der Waals surface area contributed by atoms with Gasteiger partial charge in [0.25, 0.3) is 0 Å². The van der Waals surface area contributed by atoms with Crippen LogP contribution in [0.4, 0.5) is 0 Å². The van der Waals surface area contributed by atoms with Crippen molar-refractivity contribution in [3.05, 3.63) is 11.9 Å². The highest BCUT2D eigenvalue weighted by Gasteiger charge is 2.31. The lowest BCUT2D eigenvalue weighted by Crippen LogP contribution is -2.23. The van der Waals surface area contributed by atoms with Crippen LogP contribution in [0, 0.1) is 0 Å². The average molecular weight is 252 g/mol.